The molecule has 0 aromatic carbocycles. The van der Waals surface area contributed by atoms with Gasteiger partial charge in [0, 0.05) is 12.4 Å². The monoisotopic (exact) mass is 321 g/mol. The maximum atomic E-state index is 4.66. The molecule has 7 nitrogen and oxygen atoms in total. The molecule has 0 amide bonds. The summed E-state index contributed by atoms with van der Waals surface area (Å²) in [6, 6.07) is 6.18. The van der Waals surface area contributed by atoms with Crippen molar-refractivity contribution in [3.63, 3.8) is 0 Å². The average Bonchev–Trinajstić information content (AvgIpc) is 3.17. The summed E-state index contributed by atoms with van der Waals surface area (Å²) in [5.41, 5.74) is 5.76. The summed E-state index contributed by atoms with van der Waals surface area (Å²) in [6.45, 7) is 6.92. The lowest BCUT2D eigenvalue weighted by Crippen LogP contribution is -2.06. The zero-order valence-electron chi connectivity index (χ0n) is 13.9. The second-order valence-corrected chi connectivity index (χ2v) is 6.29. The van der Waals surface area contributed by atoms with E-state index in [4.69, 9.17) is 0 Å². The SMILES string of the molecule is Cc1ccn2cc(CNc3cc(C(C)C)nn4cnnc34)nc2c1. The molecule has 4 heterocycles. The van der Waals surface area contributed by atoms with Gasteiger partial charge in [-0.15, -0.1) is 10.2 Å². The number of nitrogens with zero attached hydrogens (tertiary/aromatic N) is 6. The number of hydrogen-bond donors (Lipinski definition) is 1. The summed E-state index contributed by atoms with van der Waals surface area (Å²) < 4.78 is 3.74. The molecule has 4 aromatic rings. The molecule has 0 saturated heterocycles. The summed E-state index contributed by atoms with van der Waals surface area (Å²) >= 11 is 0. The standard InChI is InChI=1S/C17H19N7/c1-11(2)14-7-15(17-21-19-10-24(17)22-14)18-8-13-9-23-5-4-12(3)6-16(23)20-13/h4-7,9-11,18H,8H2,1-3H3. The van der Waals surface area contributed by atoms with Crippen molar-refractivity contribution >= 4 is 17.0 Å². The molecule has 0 fully saturated rings. The third kappa shape index (κ3) is 2.58. The molecule has 0 saturated carbocycles. The quantitative estimate of drug-likeness (QED) is 0.626. The van der Waals surface area contributed by atoms with E-state index in [9.17, 15) is 0 Å². The zero-order chi connectivity index (χ0) is 16.7. The van der Waals surface area contributed by atoms with E-state index in [0.29, 0.717) is 12.5 Å². The van der Waals surface area contributed by atoms with Gasteiger partial charge in [0.2, 0.25) is 5.65 Å². The molecule has 0 radical (unpaired) electrons. The van der Waals surface area contributed by atoms with Crippen LogP contribution in [0.15, 0.2) is 36.9 Å². The molecule has 7 heteroatoms. The van der Waals surface area contributed by atoms with Gasteiger partial charge in [0.15, 0.2) is 0 Å². The zero-order valence-corrected chi connectivity index (χ0v) is 13.9. The van der Waals surface area contributed by atoms with Crippen LogP contribution in [0, 0.1) is 6.92 Å². The molecule has 0 aliphatic rings. The molecule has 0 aliphatic carbocycles. The predicted molar refractivity (Wildman–Crippen MR) is 92.1 cm³/mol. The van der Waals surface area contributed by atoms with Crippen molar-refractivity contribution < 1.29 is 0 Å². The van der Waals surface area contributed by atoms with E-state index < -0.39 is 0 Å². The normalized spacial score (nSPS) is 11.7. The van der Waals surface area contributed by atoms with Crippen LogP contribution in [-0.2, 0) is 6.54 Å². The highest BCUT2D eigenvalue weighted by atomic mass is 15.3. The Balaban J connectivity index is 1.64. The predicted octanol–water partition coefficient (Wildman–Crippen LogP) is 2.82. The number of imidazole rings is 1. The lowest BCUT2D eigenvalue weighted by atomic mass is 10.1. The minimum Gasteiger partial charge on any atom is -0.376 e. The summed E-state index contributed by atoms with van der Waals surface area (Å²) in [5.74, 6) is 0.329. The third-order valence-corrected chi connectivity index (χ3v) is 4.00. The van der Waals surface area contributed by atoms with Crippen molar-refractivity contribution in [2.75, 3.05) is 5.32 Å². The maximum absolute atomic E-state index is 4.66. The van der Waals surface area contributed by atoms with Crippen molar-refractivity contribution in [3.05, 3.63) is 53.9 Å². The van der Waals surface area contributed by atoms with Crippen LogP contribution >= 0.6 is 0 Å². The Morgan fingerprint density at radius 2 is 2.12 bits per heavy atom. The van der Waals surface area contributed by atoms with Crippen LogP contribution in [0.2, 0.25) is 0 Å². The van der Waals surface area contributed by atoms with Gasteiger partial charge in [-0.05, 0) is 36.6 Å². The highest BCUT2D eigenvalue weighted by Crippen LogP contribution is 2.20. The number of rotatable bonds is 4. The highest BCUT2D eigenvalue weighted by Gasteiger charge is 2.11. The number of aryl methyl sites for hydroxylation is 1. The fourth-order valence-corrected chi connectivity index (χ4v) is 2.67. The van der Waals surface area contributed by atoms with Gasteiger partial charge in [0.05, 0.1) is 23.6 Å². The van der Waals surface area contributed by atoms with Gasteiger partial charge in [-0.1, -0.05) is 13.8 Å². The lowest BCUT2D eigenvalue weighted by Gasteiger charge is -2.10. The molecule has 0 spiro atoms. The fourth-order valence-electron chi connectivity index (χ4n) is 2.67. The minimum atomic E-state index is 0.329. The molecule has 0 aliphatic heterocycles. The van der Waals surface area contributed by atoms with Crippen molar-refractivity contribution in [2.45, 2.75) is 33.2 Å². The lowest BCUT2D eigenvalue weighted by molar-refractivity contribution is 0.762. The van der Waals surface area contributed by atoms with Crippen molar-refractivity contribution in [1.82, 2.24) is 29.2 Å². The van der Waals surface area contributed by atoms with E-state index in [0.717, 1.165) is 28.4 Å². The van der Waals surface area contributed by atoms with Gasteiger partial charge in [0.1, 0.15) is 12.0 Å². The third-order valence-electron chi connectivity index (χ3n) is 4.00. The molecular formula is C17H19N7. The van der Waals surface area contributed by atoms with Gasteiger partial charge in [-0.2, -0.15) is 9.61 Å². The second kappa shape index (κ2) is 5.59. The summed E-state index contributed by atoms with van der Waals surface area (Å²) in [6.07, 6.45) is 5.69. The Hall–Kier alpha value is -2.96. The smallest absolute Gasteiger partial charge is 0.200 e. The number of aromatic nitrogens is 6. The molecule has 4 rings (SSSR count). The van der Waals surface area contributed by atoms with E-state index in [1.165, 1.54) is 5.56 Å². The largest absolute Gasteiger partial charge is 0.376 e. The van der Waals surface area contributed by atoms with Crippen molar-refractivity contribution in [1.29, 1.82) is 0 Å². The van der Waals surface area contributed by atoms with Crippen LogP contribution in [0.1, 0.15) is 36.7 Å². The van der Waals surface area contributed by atoms with Gasteiger partial charge in [-0.3, -0.25) is 0 Å². The topological polar surface area (TPSA) is 72.4 Å². The fraction of sp³-hybridized carbons (Fsp3) is 0.294. The second-order valence-electron chi connectivity index (χ2n) is 6.29. The van der Waals surface area contributed by atoms with E-state index in [1.807, 2.05) is 22.9 Å². The summed E-state index contributed by atoms with van der Waals surface area (Å²) in [7, 11) is 0. The average molecular weight is 321 g/mol. The number of hydrogen-bond acceptors (Lipinski definition) is 5. The Morgan fingerprint density at radius 1 is 1.25 bits per heavy atom. The van der Waals surface area contributed by atoms with E-state index >= 15 is 0 Å². The maximum Gasteiger partial charge on any atom is 0.200 e. The Morgan fingerprint density at radius 3 is 2.96 bits per heavy atom. The Kier molecular flexibility index (Phi) is 3.41. The number of fused-ring (bicyclic) bond motifs is 2. The highest BCUT2D eigenvalue weighted by molar-refractivity contribution is 5.66. The first kappa shape index (κ1) is 14.6. The van der Waals surface area contributed by atoms with Crippen LogP contribution in [0.3, 0.4) is 0 Å². The summed E-state index contributed by atoms with van der Waals surface area (Å²) in [4.78, 5) is 4.66. The van der Waals surface area contributed by atoms with Crippen LogP contribution in [-0.4, -0.2) is 29.2 Å². The van der Waals surface area contributed by atoms with Gasteiger partial charge in [-0.25, -0.2) is 4.98 Å². The van der Waals surface area contributed by atoms with E-state index in [1.54, 1.807) is 10.8 Å². The molecule has 0 bridgehead atoms. The molecule has 1 N–H and O–H groups in total. The Bertz CT molecular complexity index is 1010. The van der Waals surface area contributed by atoms with Gasteiger partial charge >= 0.3 is 0 Å². The van der Waals surface area contributed by atoms with Gasteiger partial charge < -0.3 is 9.72 Å². The van der Waals surface area contributed by atoms with E-state index in [-0.39, 0.29) is 0 Å². The number of nitrogens with one attached hydrogen (secondary N) is 1. The first-order chi connectivity index (χ1) is 11.6. The van der Waals surface area contributed by atoms with Crippen LogP contribution in [0.25, 0.3) is 11.3 Å². The molecule has 0 unspecified atom stereocenters. The van der Waals surface area contributed by atoms with Gasteiger partial charge in [0.25, 0.3) is 0 Å². The molecule has 4 aromatic heterocycles. The first-order valence-electron chi connectivity index (χ1n) is 7.99. The van der Waals surface area contributed by atoms with E-state index in [2.05, 4.69) is 58.5 Å². The number of pyridine rings is 1. The number of anilines is 1. The molecule has 24 heavy (non-hydrogen) atoms. The molecule has 122 valence electrons. The summed E-state index contributed by atoms with van der Waals surface area (Å²) in [5, 5.41) is 16.0. The molecular weight excluding hydrogens is 302 g/mol. The van der Waals surface area contributed by atoms with Crippen molar-refractivity contribution in [3.8, 4) is 0 Å². The minimum absolute atomic E-state index is 0.329. The van der Waals surface area contributed by atoms with Crippen molar-refractivity contribution in [2.24, 2.45) is 0 Å². The first-order valence-corrected chi connectivity index (χ1v) is 7.99. The van der Waals surface area contributed by atoms with Crippen LogP contribution in [0.5, 0.6) is 0 Å². The van der Waals surface area contributed by atoms with Crippen LogP contribution < -0.4 is 5.32 Å². The molecule has 0 atom stereocenters. The Labute approximate surface area is 139 Å². The van der Waals surface area contributed by atoms with Crippen LogP contribution in [0.4, 0.5) is 5.69 Å².